The molecule has 19 heavy (non-hydrogen) atoms. The zero-order valence-electron chi connectivity index (χ0n) is 10.3. The van der Waals surface area contributed by atoms with E-state index in [0.29, 0.717) is 5.76 Å². The average Bonchev–Trinajstić information content (AvgIpc) is 2.75. The maximum atomic E-state index is 10.9. The topological polar surface area (TPSA) is 94.1 Å². The van der Waals surface area contributed by atoms with E-state index in [1.165, 1.54) is 0 Å². The Morgan fingerprint density at radius 2 is 2.21 bits per heavy atom. The fourth-order valence-corrected chi connectivity index (χ4v) is 1.79. The summed E-state index contributed by atoms with van der Waals surface area (Å²) in [6, 6.07) is 3.33. The number of aryl methyl sites for hydroxylation is 1. The molecule has 2 heterocycles. The molecule has 0 spiro atoms. The van der Waals surface area contributed by atoms with Gasteiger partial charge in [-0.1, -0.05) is 11.6 Å². The van der Waals surface area contributed by atoms with Gasteiger partial charge in [0.15, 0.2) is 0 Å². The van der Waals surface area contributed by atoms with Crippen molar-refractivity contribution < 1.29 is 9.34 Å². The monoisotopic (exact) mass is 282 g/mol. The van der Waals surface area contributed by atoms with E-state index in [-0.39, 0.29) is 22.7 Å². The molecule has 2 aromatic heterocycles. The van der Waals surface area contributed by atoms with Crippen LogP contribution in [-0.2, 0) is 0 Å². The van der Waals surface area contributed by atoms with Crippen LogP contribution in [0.15, 0.2) is 22.9 Å². The number of nitrogens with zero attached hydrogens (tertiary/aromatic N) is 3. The maximum absolute atomic E-state index is 10.9. The zero-order valence-corrected chi connectivity index (χ0v) is 11.0. The molecule has 2 aromatic rings. The average molecular weight is 283 g/mol. The van der Waals surface area contributed by atoms with Crippen LogP contribution >= 0.6 is 11.6 Å². The highest BCUT2D eigenvalue weighted by molar-refractivity contribution is 6.31. The fraction of sp³-hybridized carbons (Fsp3) is 0.273. The predicted molar refractivity (Wildman–Crippen MR) is 69.2 cm³/mol. The van der Waals surface area contributed by atoms with Gasteiger partial charge >= 0.3 is 5.69 Å². The highest BCUT2D eigenvalue weighted by Crippen LogP contribution is 2.31. The first kappa shape index (κ1) is 13.3. The summed E-state index contributed by atoms with van der Waals surface area (Å²) in [4.78, 5) is 17.8. The lowest BCUT2D eigenvalue weighted by Gasteiger charge is -2.12. The van der Waals surface area contributed by atoms with Crippen LogP contribution in [0.2, 0.25) is 5.15 Å². The molecule has 0 aliphatic heterocycles. The second-order valence-electron chi connectivity index (χ2n) is 3.93. The van der Waals surface area contributed by atoms with E-state index in [9.17, 15) is 10.1 Å². The Hall–Kier alpha value is -2.15. The molecular weight excluding hydrogens is 272 g/mol. The van der Waals surface area contributed by atoms with Crippen LogP contribution in [0, 0.1) is 17.0 Å². The first-order valence-electron chi connectivity index (χ1n) is 5.46. The van der Waals surface area contributed by atoms with Crippen molar-refractivity contribution in [1.82, 2.24) is 9.97 Å². The Bertz CT molecular complexity index is 614. The Balaban J connectivity index is 2.28. The molecule has 1 unspecified atom stereocenters. The van der Waals surface area contributed by atoms with E-state index in [4.69, 9.17) is 16.0 Å². The molecule has 100 valence electrons. The van der Waals surface area contributed by atoms with Gasteiger partial charge in [0, 0.05) is 0 Å². The van der Waals surface area contributed by atoms with Gasteiger partial charge in [0.05, 0.1) is 11.0 Å². The van der Waals surface area contributed by atoms with Crippen LogP contribution in [0.1, 0.15) is 24.5 Å². The maximum Gasteiger partial charge on any atom is 0.348 e. The first-order valence-corrected chi connectivity index (χ1v) is 5.84. The van der Waals surface area contributed by atoms with Gasteiger partial charge in [-0.05, 0) is 26.0 Å². The number of nitrogens with one attached hydrogen (secondary N) is 1. The second kappa shape index (κ2) is 5.23. The number of hydrogen-bond acceptors (Lipinski definition) is 6. The minimum absolute atomic E-state index is 0.0616. The van der Waals surface area contributed by atoms with E-state index >= 15 is 0 Å². The quantitative estimate of drug-likeness (QED) is 0.526. The first-order chi connectivity index (χ1) is 8.99. The molecule has 0 saturated carbocycles. The Morgan fingerprint density at radius 3 is 2.79 bits per heavy atom. The van der Waals surface area contributed by atoms with Crippen molar-refractivity contribution >= 4 is 23.1 Å². The number of anilines is 1. The molecule has 0 aliphatic carbocycles. The van der Waals surface area contributed by atoms with Gasteiger partial charge in [0.25, 0.3) is 0 Å². The van der Waals surface area contributed by atoms with Crippen LogP contribution in [0.25, 0.3) is 0 Å². The van der Waals surface area contributed by atoms with Crippen LogP contribution in [0.3, 0.4) is 0 Å². The Morgan fingerprint density at radius 1 is 1.47 bits per heavy atom. The highest BCUT2D eigenvalue weighted by Gasteiger charge is 2.23. The molecule has 0 bridgehead atoms. The van der Waals surface area contributed by atoms with Crippen molar-refractivity contribution in [2.45, 2.75) is 19.9 Å². The number of rotatable bonds is 4. The van der Waals surface area contributed by atoms with E-state index in [1.54, 1.807) is 13.0 Å². The molecule has 0 aliphatic rings. The molecule has 1 atom stereocenters. The minimum atomic E-state index is -0.620. The summed E-state index contributed by atoms with van der Waals surface area (Å²) in [5.74, 6) is 1.48. The Kier molecular flexibility index (Phi) is 3.66. The van der Waals surface area contributed by atoms with Crippen LogP contribution in [0.4, 0.5) is 11.5 Å². The van der Waals surface area contributed by atoms with E-state index in [1.807, 2.05) is 13.0 Å². The summed E-state index contributed by atoms with van der Waals surface area (Å²) >= 11 is 5.70. The van der Waals surface area contributed by atoms with Crippen molar-refractivity contribution in [3.8, 4) is 0 Å². The molecule has 1 N–H and O–H groups in total. The molecule has 7 nitrogen and oxygen atoms in total. The lowest BCUT2D eigenvalue weighted by molar-refractivity contribution is -0.384. The second-order valence-corrected chi connectivity index (χ2v) is 4.29. The Labute approximate surface area is 113 Å². The third kappa shape index (κ3) is 2.82. The molecule has 0 radical (unpaired) electrons. The van der Waals surface area contributed by atoms with Gasteiger partial charge in [-0.3, -0.25) is 10.1 Å². The van der Waals surface area contributed by atoms with Gasteiger partial charge in [-0.2, -0.15) is 0 Å². The molecule has 8 heteroatoms. The number of aromatic nitrogens is 2. The molecular formula is C11H11ClN4O3. The van der Waals surface area contributed by atoms with Crippen molar-refractivity contribution in [3.05, 3.63) is 45.2 Å². The third-order valence-electron chi connectivity index (χ3n) is 2.50. The van der Waals surface area contributed by atoms with Gasteiger partial charge in [0.2, 0.25) is 11.0 Å². The molecule has 0 amide bonds. The number of halogens is 1. The van der Waals surface area contributed by atoms with Gasteiger partial charge < -0.3 is 9.73 Å². The minimum Gasteiger partial charge on any atom is -0.464 e. The van der Waals surface area contributed by atoms with E-state index < -0.39 is 4.92 Å². The van der Waals surface area contributed by atoms with Crippen molar-refractivity contribution in [2.75, 3.05) is 5.32 Å². The summed E-state index contributed by atoms with van der Waals surface area (Å²) < 4.78 is 5.44. The molecule has 0 aromatic carbocycles. The van der Waals surface area contributed by atoms with Gasteiger partial charge in [0.1, 0.15) is 17.8 Å². The van der Waals surface area contributed by atoms with Crippen molar-refractivity contribution in [3.63, 3.8) is 0 Å². The highest BCUT2D eigenvalue weighted by atomic mass is 35.5. The van der Waals surface area contributed by atoms with Crippen LogP contribution in [-0.4, -0.2) is 14.9 Å². The van der Waals surface area contributed by atoms with Crippen molar-refractivity contribution in [2.24, 2.45) is 0 Å². The fourth-order valence-electron chi connectivity index (χ4n) is 1.59. The molecule has 0 saturated heterocycles. The lowest BCUT2D eigenvalue weighted by atomic mass is 10.2. The van der Waals surface area contributed by atoms with Crippen LogP contribution in [0.5, 0.6) is 0 Å². The summed E-state index contributed by atoms with van der Waals surface area (Å²) in [7, 11) is 0. The summed E-state index contributed by atoms with van der Waals surface area (Å²) in [6.45, 7) is 3.62. The van der Waals surface area contributed by atoms with E-state index in [0.717, 1.165) is 12.1 Å². The largest absolute Gasteiger partial charge is 0.464 e. The van der Waals surface area contributed by atoms with E-state index in [2.05, 4.69) is 15.3 Å². The van der Waals surface area contributed by atoms with Crippen molar-refractivity contribution in [1.29, 1.82) is 0 Å². The lowest BCUT2D eigenvalue weighted by Crippen LogP contribution is -2.10. The van der Waals surface area contributed by atoms with Crippen LogP contribution < -0.4 is 5.32 Å². The molecule has 0 fully saturated rings. The predicted octanol–water partition coefficient (Wildman–Crippen LogP) is 3.11. The summed E-state index contributed by atoms with van der Waals surface area (Å²) in [6.07, 6.45) is 1.16. The smallest absolute Gasteiger partial charge is 0.348 e. The number of nitro groups is 1. The standard InChI is InChI=1S/C11H11ClN4O3/c1-6-3-4-8(19-6)7(2)15-11-9(16(17)18)10(12)13-5-14-11/h3-5,7H,1-2H3,(H,13,14,15). The summed E-state index contributed by atoms with van der Waals surface area (Å²) in [5, 5.41) is 13.6. The normalized spacial score (nSPS) is 12.2. The molecule has 2 rings (SSSR count). The number of hydrogen-bond donors (Lipinski definition) is 1. The third-order valence-corrected chi connectivity index (χ3v) is 2.78. The van der Waals surface area contributed by atoms with Gasteiger partial charge in [-0.15, -0.1) is 0 Å². The summed E-state index contributed by atoms with van der Waals surface area (Å²) in [5.41, 5.74) is -0.348. The zero-order chi connectivity index (χ0) is 14.0. The SMILES string of the molecule is Cc1ccc(C(C)Nc2ncnc(Cl)c2[N+](=O)[O-])o1. The number of furan rings is 1. The van der Waals surface area contributed by atoms with Gasteiger partial charge in [-0.25, -0.2) is 9.97 Å².